The molecule has 3 atom stereocenters. The minimum Gasteiger partial charge on any atom is -0.0804 e. The van der Waals surface area contributed by atoms with Crippen molar-refractivity contribution in [1.82, 2.24) is 0 Å². The molecule has 1 heteroatoms. The van der Waals surface area contributed by atoms with Gasteiger partial charge in [-0.2, -0.15) is 0 Å². The molecule has 3 aromatic rings. The number of rotatable bonds is 10. The smallest absolute Gasteiger partial charge is 0.0478 e. The molecule has 1 aliphatic rings. The quantitative estimate of drug-likeness (QED) is 0.167. The van der Waals surface area contributed by atoms with Crippen LogP contribution in [0, 0.1) is 20.8 Å². The molecule has 3 aromatic carbocycles. The van der Waals surface area contributed by atoms with Crippen LogP contribution in [0.1, 0.15) is 136 Å². The van der Waals surface area contributed by atoms with Crippen LogP contribution in [0.15, 0.2) is 42.5 Å². The van der Waals surface area contributed by atoms with E-state index < -0.39 is 0 Å². The van der Waals surface area contributed by atoms with Crippen LogP contribution in [0.5, 0.6) is 0 Å². The zero-order valence-electron chi connectivity index (χ0n) is 25.4. The molecular weight excluding hydrogens is 524 g/mol. The van der Waals surface area contributed by atoms with Crippen molar-refractivity contribution in [2.45, 2.75) is 123 Å². The molecule has 204 valence electrons. The Labute approximate surface area is 241 Å². The van der Waals surface area contributed by atoms with E-state index in [0.717, 1.165) is 12.8 Å². The van der Waals surface area contributed by atoms with Crippen molar-refractivity contribution in [2.75, 3.05) is 0 Å². The second-order valence-electron chi connectivity index (χ2n) is 12.5. The average Bonchev–Trinajstić information content (AvgIpc) is 3.12. The summed E-state index contributed by atoms with van der Waals surface area (Å²) in [5.41, 5.74) is 15.7. The predicted molar refractivity (Wildman–Crippen MR) is 171 cm³/mol. The first kappa shape index (κ1) is 29.1. The van der Waals surface area contributed by atoms with Gasteiger partial charge >= 0.3 is 0 Å². The van der Waals surface area contributed by atoms with Gasteiger partial charge in [0.25, 0.3) is 0 Å². The fraction of sp³-hybridized carbons (Fsp3) is 0.514. The summed E-state index contributed by atoms with van der Waals surface area (Å²) in [6.45, 7) is 21.0. The van der Waals surface area contributed by atoms with E-state index >= 15 is 0 Å². The Balaban J connectivity index is 1.98. The number of hydrogen-bond acceptors (Lipinski definition) is 0. The van der Waals surface area contributed by atoms with Crippen molar-refractivity contribution in [3.63, 3.8) is 0 Å². The number of unbranched alkanes of at least 4 members (excludes halogenated alkanes) is 3. The molecule has 0 radical (unpaired) electrons. The van der Waals surface area contributed by atoms with E-state index in [-0.39, 0.29) is 9.74 Å². The van der Waals surface area contributed by atoms with Crippen molar-refractivity contribution >= 4 is 15.9 Å². The molecule has 1 aliphatic carbocycles. The van der Waals surface area contributed by atoms with Gasteiger partial charge in [-0.05, 0) is 122 Å². The van der Waals surface area contributed by atoms with Crippen LogP contribution in [-0.2, 0) is 16.2 Å². The molecule has 0 saturated heterocycles. The number of hydrogen-bond donors (Lipinski definition) is 0. The average molecular weight is 574 g/mol. The number of alkyl halides is 1. The van der Waals surface area contributed by atoms with E-state index in [1.54, 1.807) is 0 Å². The molecule has 0 bridgehead atoms. The van der Waals surface area contributed by atoms with Crippen molar-refractivity contribution in [3.8, 4) is 11.1 Å². The largest absolute Gasteiger partial charge is 0.0804 e. The first-order valence-corrected chi connectivity index (χ1v) is 15.9. The van der Waals surface area contributed by atoms with Gasteiger partial charge in [0, 0.05) is 9.74 Å². The van der Waals surface area contributed by atoms with E-state index in [4.69, 9.17) is 0 Å². The molecule has 4 rings (SSSR count). The predicted octanol–water partition coefficient (Wildman–Crippen LogP) is 11.6. The Kier molecular flexibility index (Phi) is 8.68. The van der Waals surface area contributed by atoms with E-state index in [2.05, 4.69) is 121 Å². The molecular formula is C37H49Br. The second kappa shape index (κ2) is 11.3. The SMILES string of the molecule is CCCCCCc1cc(C)cc(C2(C)c3cc(C(C)CC)c(C)cc3-c3cc(C)c(C(C)(Br)CC)cc32)c1. The van der Waals surface area contributed by atoms with Gasteiger partial charge in [0.05, 0.1) is 0 Å². The molecule has 0 saturated carbocycles. The highest BCUT2D eigenvalue weighted by Crippen LogP contribution is 2.55. The van der Waals surface area contributed by atoms with Crippen molar-refractivity contribution in [1.29, 1.82) is 0 Å². The van der Waals surface area contributed by atoms with Gasteiger partial charge in [-0.1, -0.05) is 111 Å². The molecule has 0 aliphatic heterocycles. The Morgan fingerprint density at radius 2 is 1.47 bits per heavy atom. The lowest BCUT2D eigenvalue weighted by molar-refractivity contribution is 0.658. The van der Waals surface area contributed by atoms with Crippen LogP contribution in [0.25, 0.3) is 11.1 Å². The molecule has 0 nitrogen and oxygen atoms in total. The fourth-order valence-electron chi connectivity index (χ4n) is 6.72. The number of benzene rings is 3. The summed E-state index contributed by atoms with van der Waals surface area (Å²) < 4.78 is -0.0311. The number of fused-ring (bicyclic) bond motifs is 3. The molecule has 0 amide bonds. The topological polar surface area (TPSA) is 0 Å². The lowest BCUT2D eigenvalue weighted by Gasteiger charge is -2.32. The zero-order chi connectivity index (χ0) is 27.8. The van der Waals surface area contributed by atoms with Crippen LogP contribution >= 0.6 is 15.9 Å². The van der Waals surface area contributed by atoms with Crippen molar-refractivity contribution in [3.05, 3.63) is 92.5 Å². The second-order valence-corrected chi connectivity index (χ2v) is 14.2. The summed E-state index contributed by atoms with van der Waals surface area (Å²) in [4.78, 5) is 0. The van der Waals surface area contributed by atoms with Crippen LogP contribution in [0.4, 0.5) is 0 Å². The minimum atomic E-state index is -0.177. The molecule has 0 spiro atoms. The number of halogens is 1. The lowest BCUT2D eigenvalue weighted by Crippen LogP contribution is -2.24. The normalized spacial score (nSPS) is 18.7. The summed E-state index contributed by atoms with van der Waals surface area (Å²) in [6.07, 6.45) is 8.61. The molecule has 3 unspecified atom stereocenters. The summed E-state index contributed by atoms with van der Waals surface area (Å²) in [5, 5.41) is 0. The van der Waals surface area contributed by atoms with Gasteiger partial charge in [0.2, 0.25) is 0 Å². The first-order chi connectivity index (χ1) is 18.0. The van der Waals surface area contributed by atoms with E-state index in [0.29, 0.717) is 5.92 Å². The van der Waals surface area contributed by atoms with Crippen LogP contribution < -0.4 is 0 Å². The van der Waals surface area contributed by atoms with Crippen LogP contribution in [0.2, 0.25) is 0 Å². The van der Waals surface area contributed by atoms with E-state index in [1.165, 1.54) is 93.3 Å². The molecule has 0 heterocycles. The van der Waals surface area contributed by atoms with Crippen LogP contribution in [0.3, 0.4) is 0 Å². The molecule has 38 heavy (non-hydrogen) atoms. The van der Waals surface area contributed by atoms with Gasteiger partial charge in [0.1, 0.15) is 0 Å². The Bertz CT molecular complexity index is 1310. The third-order valence-electron chi connectivity index (χ3n) is 9.54. The monoisotopic (exact) mass is 572 g/mol. The summed E-state index contributed by atoms with van der Waals surface area (Å²) in [7, 11) is 0. The zero-order valence-corrected chi connectivity index (χ0v) is 27.0. The first-order valence-electron chi connectivity index (χ1n) is 15.1. The highest BCUT2D eigenvalue weighted by Gasteiger charge is 2.43. The third kappa shape index (κ3) is 5.17. The maximum absolute atomic E-state index is 4.09. The van der Waals surface area contributed by atoms with Gasteiger partial charge in [0.15, 0.2) is 0 Å². The summed E-state index contributed by atoms with van der Waals surface area (Å²) in [6, 6.07) is 17.5. The molecule has 0 N–H and O–H groups in total. The van der Waals surface area contributed by atoms with Gasteiger partial charge in [-0.3, -0.25) is 0 Å². The minimum absolute atomic E-state index is 0.0311. The van der Waals surface area contributed by atoms with Crippen molar-refractivity contribution < 1.29 is 0 Å². The standard InChI is InChI=1S/C37H49Br/c1-10-13-14-15-16-28-17-24(4)18-29(21-28)37(9)34-22-30(25(5)11-2)26(6)19-31(34)32-20-27(7)33(23-35(32)37)36(8,38)12-3/h17-23,25H,10-16H2,1-9H3. The Hall–Kier alpha value is -1.86. The number of aryl methyl sites for hydroxylation is 4. The van der Waals surface area contributed by atoms with Crippen LogP contribution in [-0.4, -0.2) is 0 Å². The molecule has 0 fully saturated rings. The highest BCUT2D eigenvalue weighted by molar-refractivity contribution is 9.09. The van der Waals surface area contributed by atoms with Gasteiger partial charge in [-0.15, -0.1) is 0 Å². The highest BCUT2D eigenvalue weighted by atomic mass is 79.9. The fourth-order valence-corrected chi connectivity index (χ4v) is 7.14. The van der Waals surface area contributed by atoms with E-state index in [1.807, 2.05) is 0 Å². The van der Waals surface area contributed by atoms with Crippen molar-refractivity contribution in [2.24, 2.45) is 0 Å². The van der Waals surface area contributed by atoms with Gasteiger partial charge in [-0.25, -0.2) is 0 Å². The summed E-state index contributed by atoms with van der Waals surface area (Å²) in [5.74, 6) is 0.558. The summed E-state index contributed by atoms with van der Waals surface area (Å²) >= 11 is 4.09. The lowest BCUT2D eigenvalue weighted by atomic mass is 9.71. The Morgan fingerprint density at radius 1 is 0.816 bits per heavy atom. The third-order valence-corrected chi connectivity index (χ3v) is 10.5. The molecule has 0 aromatic heterocycles. The Morgan fingerprint density at radius 3 is 2.11 bits per heavy atom. The van der Waals surface area contributed by atoms with Gasteiger partial charge < -0.3 is 0 Å². The maximum atomic E-state index is 4.09. The van der Waals surface area contributed by atoms with E-state index in [9.17, 15) is 0 Å². The maximum Gasteiger partial charge on any atom is 0.0478 e.